The number of hydrogen-bond acceptors (Lipinski definition) is 2. The van der Waals surface area contributed by atoms with Gasteiger partial charge in [0.05, 0.1) is 0 Å². The van der Waals surface area contributed by atoms with E-state index >= 15 is 0 Å². The van der Waals surface area contributed by atoms with Gasteiger partial charge in [-0.15, -0.1) is 11.3 Å². The van der Waals surface area contributed by atoms with E-state index in [9.17, 15) is 0 Å². The molecule has 0 aliphatic heterocycles. The maximum Gasteiger partial charge on any atom is 0.0342 e. The standard InChI is InChI=1S/C15H24BrNS/c1-12(2)7-9-17(13-5-3-4-6-13)11-15-14(16)8-10-18-15/h8,10,12-13H,3-7,9,11H2,1-2H3. The van der Waals surface area contributed by atoms with Crippen molar-refractivity contribution < 1.29 is 0 Å². The summed E-state index contributed by atoms with van der Waals surface area (Å²) in [7, 11) is 0. The Bertz CT molecular complexity index is 355. The predicted molar refractivity (Wildman–Crippen MR) is 84.1 cm³/mol. The van der Waals surface area contributed by atoms with Crippen LogP contribution in [0.1, 0.15) is 50.8 Å². The minimum absolute atomic E-state index is 0.806. The molecule has 1 nitrogen and oxygen atoms in total. The van der Waals surface area contributed by atoms with Crippen molar-refractivity contribution in [2.75, 3.05) is 6.54 Å². The van der Waals surface area contributed by atoms with E-state index < -0.39 is 0 Å². The van der Waals surface area contributed by atoms with Crippen LogP contribution in [0.5, 0.6) is 0 Å². The second kappa shape index (κ2) is 7.06. The van der Waals surface area contributed by atoms with E-state index in [1.54, 1.807) is 0 Å². The summed E-state index contributed by atoms with van der Waals surface area (Å²) in [6, 6.07) is 3.01. The Morgan fingerprint density at radius 1 is 1.39 bits per heavy atom. The Balaban J connectivity index is 1.97. The molecule has 0 radical (unpaired) electrons. The number of halogens is 1. The average molecular weight is 330 g/mol. The lowest BCUT2D eigenvalue weighted by Crippen LogP contribution is -2.34. The molecule has 1 heterocycles. The Kier molecular flexibility index (Phi) is 5.71. The van der Waals surface area contributed by atoms with Crippen LogP contribution in [-0.2, 0) is 6.54 Å². The predicted octanol–water partition coefficient (Wildman–Crippen LogP) is 5.30. The van der Waals surface area contributed by atoms with Crippen molar-refractivity contribution in [1.82, 2.24) is 4.90 Å². The highest BCUT2D eigenvalue weighted by Crippen LogP contribution is 2.29. The lowest BCUT2D eigenvalue weighted by molar-refractivity contribution is 0.181. The van der Waals surface area contributed by atoms with E-state index in [-0.39, 0.29) is 0 Å². The van der Waals surface area contributed by atoms with Crippen molar-refractivity contribution in [3.63, 3.8) is 0 Å². The second-order valence-corrected chi connectivity index (χ2v) is 7.64. The number of hydrogen-bond donors (Lipinski definition) is 0. The van der Waals surface area contributed by atoms with E-state index in [1.165, 1.54) is 48.0 Å². The van der Waals surface area contributed by atoms with E-state index in [0.29, 0.717) is 0 Å². The van der Waals surface area contributed by atoms with Crippen LogP contribution in [0.15, 0.2) is 15.9 Å². The Morgan fingerprint density at radius 3 is 2.67 bits per heavy atom. The summed E-state index contributed by atoms with van der Waals surface area (Å²) in [5.74, 6) is 0.806. The van der Waals surface area contributed by atoms with Crippen LogP contribution in [0.4, 0.5) is 0 Å². The molecule has 18 heavy (non-hydrogen) atoms. The van der Waals surface area contributed by atoms with Crippen molar-refractivity contribution in [2.45, 2.75) is 58.5 Å². The van der Waals surface area contributed by atoms with Gasteiger partial charge in [-0.3, -0.25) is 4.90 Å². The van der Waals surface area contributed by atoms with Gasteiger partial charge in [0.25, 0.3) is 0 Å². The normalized spacial score (nSPS) is 17.2. The summed E-state index contributed by atoms with van der Waals surface area (Å²) in [6.07, 6.45) is 6.98. The summed E-state index contributed by atoms with van der Waals surface area (Å²) in [5.41, 5.74) is 0. The first-order chi connectivity index (χ1) is 8.66. The third kappa shape index (κ3) is 4.07. The number of rotatable bonds is 6. The minimum Gasteiger partial charge on any atom is -0.295 e. The van der Waals surface area contributed by atoms with Gasteiger partial charge in [0, 0.05) is 21.9 Å². The Hall–Kier alpha value is 0.140. The van der Waals surface area contributed by atoms with Crippen LogP contribution >= 0.6 is 27.3 Å². The molecule has 0 spiro atoms. The van der Waals surface area contributed by atoms with Gasteiger partial charge < -0.3 is 0 Å². The van der Waals surface area contributed by atoms with Gasteiger partial charge in [0.1, 0.15) is 0 Å². The zero-order chi connectivity index (χ0) is 13.0. The molecule has 0 amide bonds. The molecular weight excluding hydrogens is 306 g/mol. The first-order valence-corrected chi connectivity index (χ1v) is 8.80. The maximum atomic E-state index is 3.67. The molecular formula is C15H24BrNS. The fraction of sp³-hybridized carbons (Fsp3) is 0.733. The van der Waals surface area contributed by atoms with E-state index in [1.807, 2.05) is 11.3 Å². The lowest BCUT2D eigenvalue weighted by Gasteiger charge is -2.29. The molecule has 0 saturated heterocycles. The van der Waals surface area contributed by atoms with Crippen molar-refractivity contribution in [2.24, 2.45) is 5.92 Å². The third-order valence-corrected chi connectivity index (χ3v) is 5.78. The van der Waals surface area contributed by atoms with Gasteiger partial charge in [0.2, 0.25) is 0 Å². The van der Waals surface area contributed by atoms with E-state index in [0.717, 1.165) is 18.5 Å². The van der Waals surface area contributed by atoms with Gasteiger partial charge in [-0.1, -0.05) is 26.7 Å². The molecule has 3 heteroatoms. The molecule has 0 aromatic carbocycles. The molecule has 0 N–H and O–H groups in total. The van der Waals surface area contributed by atoms with Crippen LogP contribution in [0.2, 0.25) is 0 Å². The summed E-state index contributed by atoms with van der Waals surface area (Å²) in [5, 5.41) is 2.19. The summed E-state index contributed by atoms with van der Waals surface area (Å²) >= 11 is 5.55. The molecule has 1 aliphatic carbocycles. The van der Waals surface area contributed by atoms with E-state index in [2.05, 4.69) is 46.1 Å². The first kappa shape index (κ1) is 14.5. The van der Waals surface area contributed by atoms with Gasteiger partial charge in [-0.05, 0) is 59.1 Å². The molecule has 0 unspecified atom stereocenters. The van der Waals surface area contributed by atoms with Crippen LogP contribution < -0.4 is 0 Å². The first-order valence-electron chi connectivity index (χ1n) is 7.12. The monoisotopic (exact) mass is 329 g/mol. The topological polar surface area (TPSA) is 3.24 Å². The second-order valence-electron chi connectivity index (χ2n) is 5.78. The van der Waals surface area contributed by atoms with Crippen molar-refractivity contribution >= 4 is 27.3 Å². The van der Waals surface area contributed by atoms with Crippen molar-refractivity contribution in [3.05, 3.63) is 20.8 Å². The molecule has 1 aromatic rings. The van der Waals surface area contributed by atoms with Crippen LogP contribution in [0.25, 0.3) is 0 Å². The molecule has 1 fully saturated rings. The molecule has 0 atom stereocenters. The lowest BCUT2D eigenvalue weighted by atomic mass is 10.1. The van der Waals surface area contributed by atoms with Crippen molar-refractivity contribution in [3.8, 4) is 0 Å². The summed E-state index contributed by atoms with van der Waals surface area (Å²) < 4.78 is 1.29. The van der Waals surface area contributed by atoms with Crippen LogP contribution in [0.3, 0.4) is 0 Å². The Labute approximate surface area is 124 Å². The minimum atomic E-state index is 0.806. The molecule has 102 valence electrons. The zero-order valence-electron chi connectivity index (χ0n) is 11.5. The Morgan fingerprint density at radius 2 is 2.11 bits per heavy atom. The fourth-order valence-electron chi connectivity index (χ4n) is 2.71. The zero-order valence-corrected chi connectivity index (χ0v) is 13.9. The largest absolute Gasteiger partial charge is 0.295 e. The van der Waals surface area contributed by atoms with Gasteiger partial charge in [-0.25, -0.2) is 0 Å². The highest BCUT2D eigenvalue weighted by Gasteiger charge is 2.23. The summed E-state index contributed by atoms with van der Waals surface area (Å²) in [6.45, 7) is 7.05. The van der Waals surface area contributed by atoms with Gasteiger partial charge >= 0.3 is 0 Å². The summed E-state index contributed by atoms with van der Waals surface area (Å²) in [4.78, 5) is 4.22. The highest BCUT2D eigenvalue weighted by atomic mass is 79.9. The smallest absolute Gasteiger partial charge is 0.0342 e. The fourth-order valence-corrected chi connectivity index (χ4v) is 4.21. The molecule has 2 rings (SSSR count). The van der Waals surface area contributed by atoms with E-state index in [4.69, 9.17) is 0 Å². The van der Waals surface area contributed by atoms with Crippen molar-refractivity contribution in [1.29, 1.82) is 0 Å². The third-order valence-electron chi connectivity index (χ3n) is 3.87. The maximum absolute atomic E-state index is 3.67. The number of thiophene rings is 1. The average Bonchev–Trinajstić information content (AvgIpc) is 2.96. The number of nitrogens with zero attached hydrogens (tertiary/aromatic N) is 1. The van der Waals surface area contributed by atoms with Gasteiger partial charge in [-0.2, -0.15) is 0 Å². The van der Waals surface area contributed by atoms with Crippen LogP contribution in [-0.4, -0.2) is 17.5 Å². The molecule has 0 bridgehead atoms. The SMILES string of the molecule is CC(C)CCN(Cc1sccc1Br)C1CCCC1. The molecule has 1 saturated carbocycles. The van der Waals surface area contributed by atoms with Gasteiger partial charge in [0.15, 0.2) is 0 Å². The molecule has 1 aromatic heterocycles. The van der Waals surface area contributed by atoms with Crippen LogP contribution in [0, 0.1) is 5.92 Å². The quantitative estimate of drug-likeness (QED) is 0.684. The highest BCUT2D eigenvalue weighted by molar-refractivity contribution is 9.10. The molecule has 1 aliphatic rings.